The Morgan fingerprint density at radius 3 is 2.59 bits per heavy atom. The molecule has 3 aromatic rings. The van der Waals surface area contributed by atoms with E-state index >= 15 is 0 Å². The third-order valence-electron chi connectivity index (χ3n) is 5.11. The summed E-state index contributed by atoms with van der Waals surface area (Å²) in [6, 6.07) is 17.5. The van der Waals surface area contributed by atoms with Gasteiger partial charge in [-0.25, -0.2) is 4.39 Å². The predicted octanol–water partition coefficient (Wildman–Crippen LogP) is 6.35. The summed E-state index contributed by atoms with van der Waals surface area (Å²) in [7, 11) is 1.54. The summed E-state index contributed by atoms with van der Waals surface area (Å²) in [5, 5.41) is 12.3. The fraction of sp³-hybridized carbons (Fsp3) is 0.154. The van der Waals surface area contributed by atoms with Gasteiger partial charge < -0.3 is 10.1 Å². The second-order valence-electron chi connectivity index (χ2n) is 7.41. The lowest BCUT2D eigenvalue weighted by atomic mass is 10.0. The average Bonchev–Trinajstić information content (AvgIpc) is 2.76. The maximum absolute atomic E-state index is 13.6. The number of nitriles is 1. The van der Waals surface area contributed by atoms with Crippen LogP contribution in [0.5, 0.6) is 5.75 Å². The molecule has 0 aliphatic carbocycles. The van der Waals surface area contributed by atoms with Gasteiger partial charge in [0.25, 0.3) is 5.91 Å². The third-order valence-corrected chi connectivity index (χ3v) is 5.82. The Kier molecular flexibility index (Phi) is 7.45. The second-order valence-corrected chi connectivity index (χ2v) is 8.27. The molecule has 1 amide bonds. The molecule has 0 atom stereocenters. The molecule has 0 fully saturated rings. The first kappa shape index (κ1) is 23.2. The minimum atomic E-state index is -0.491. The maximum atomic E-state index is 13.6. The highest BCUT2D eigenvalue weighted by molar-refractivity contribution is 9.10. The summed E-state index contributed by atoms with van der Waals surface area (Å²) in [4.78, 5) is 12.6. The number of rotatable bonds is 6. The zero-order valence-corrected chi connectivity index (χ0v) is 19.6. The molecule has 1 N–H and O–H groups in total. The zero-order chi connectivity index (χ0) is 23.3. The molecule has 0 saturated heterocycles. The normalized spacial score (nSPS) is 11.1. The number of nitrogens with one attached hydrogen (secondary N) is 1. The van der Waals surface area contributed by atoms with Crippen molar-refractivity contribution in [1.82, 2.24) is 0 Å². The molecule has 0 bridgehead atoms. The number of anilines is 1. The van der Waals surface area contributed by atoms with E-state index in [1.807, 2.05) is 38.1 Å². The Morgan fingerprint density at radius 2 is 1.94 bits per heavy atom. The van der Waals surface area contributed by atoms with Crippen LogP contribution < -0.4 is 10.1 Å². The van der Waals surface area contributed by atoms with Crippen LogP contribution in [0.4, 0.5) is 10.1 Å². The lowest BCUT2D eigenvalue weighted by molar-refractivity contribution is -0.112. The van der Waals surface area contributed by atoms with E-state index in [0.29, 0.717) is 23.4 Å². The molecule has 0 aliphatic rings. The molecule has 0 aromatic heterocycles. The van der Waals surface area contributed by atoms with Crippen LogP contribution in [0.25, 0.3) is 6.08 Å². The fourth-order valence-corrected chi connectivity index (χ4v) is 3.85. The van der Waals surface area contributed by atoms with E-state index < -0.39 is 5.91 Å². The quantitative estimate of drug-likeness (QED) is 0.322. The number of benzene rings is 3. The van der Waals surface area contributed by atoms with Crippen molar-refractivity contribution < 1.29 is 13.9 Å². The number of carbonyl (C=O) groups excluding carboxylic acids is 1. The fourth-order valence-electron chi connectivity index (χ4n) is 3.25. The summed E-state index contributed by atoms with van der Waals surface area (Å²) in [5.41, 5.74) is 5.04. The average molecular weight is 493 g/mol. The van der Waals surface area contributed by atoms with Crippen LogP contribution in [0, 0.1) is 31.0 Å². The van der Waals surface area contributed by atoms with E-state index in [9.17, 15) is 14.4 Å². The molecule has 6 heteroatoms. The topological polar surface area (TPSA) is 62.1 Å². The van der Waals surface area contributed by atoms with Crippen LogP contribution >= 0.6 is 15.9 Å². The highest BCUT2D eigenvalue weighted by Crippen LogP contribution is 2.32. The van der Waals surface area contributed by atoms with Gasteiger partial charge in [-0.1, -0.05) is 34.1 Å². The molecule has 0 spiro atoms. The second kappa shape index (κ2) is 10.3. The molecule has 162 valence electrons. The lowest BCUT2D eigenvalue weighted by Gasteiger charge is -2.13. The molecule has 0 aliphatic heterocycles. The number of carbonyl (C=O) groups is 1. The van der Waals surface area contributed by atoms with Crippen molar-refractivity contribution in [2.75, 3.05) is 12.4 Å². The minimum absolute atomic E-state index is 0.0324. The maximum Gasteiger partial charge on any atom is 0.266 e. The third kappa shape index (κ3) is 5.63. The Morgan fingerprint density at radius 1 is 1.16 bits per heavy atom. The Bertz CT molecular complexity index is 1250. The Hall–Kier alpha value is -3.43. The van der Waals surface area contributed by atoms with Crippen LogP contribution in [-0.2, 0) is 11.2 Å². The Balaban J connectivity index is 1.88. The van der Waals surface area contributed by atoms with Crippen LogP contribution in [0.3, 0.4) is 0 Å². The first-order chi connectivity index (χ1) is 15.3. The van der Waals surface area contributed by atoms with E-state index in [4.69, 9.17) is 4.74 Å². The molecule has 3 rings (SSSR count). The number of methoxy groups -OCH3 is 1. The van der Waals surface area contributed by atoms with Gasteiger partial charge in [-0.3, -0.25) is 4.79 Å². The minimum Gasteiger partial charge on any atom is -0.496 e. The summed E-state index contributed by atoms with van der Waals surface area (Å²) >= 11 is 3.55. The van der Waals surface area contributed by atoms with E-state index in [1.54, 1.807) is 31.4 Å². The SMILES string of the molecule is COc1cc(/C=C(\C#N)C(=O)Nc2ccc(C)c(C)c2)cc(Br)c1Cc1cccc(F)c1. The van der Waals surface area contributed by atoms with Crippen LogP contribution in [0.1, 0.15) is 27.8 Å². The summed E-state index contributed by atoms with van der Waals surface area (Å²) in [6.07, 6.45) is 1.97. The molecular formula is C26H22BrFN2O2. The van der Waals surface area contributed by atoms with Crippen LogP contribution in [-0.4, -0.2) is 13.0 Å². The number of nitrogens with zero attached hydrogens (tertiary/aromatic N) is 1. The molecular weight excluding hydrogens is 471 g/mol. The summed E-state index contributed by atoms with van der Waals surface area (Å²) < 4.78 is 19.8. The van der Waals surface area contributed by atoms with E-state index in [2.05, 4.69) is 21.2 Å². The van der Waals surface area contributed by atoms with Crippen molar-refractivity contribution in [3.05, 3.63) is 98.3 Å². The first-order valence-electron chi connectivity index (χ1n) is 9.92. The van der Waals surface area contributed by atoms with Crippen molar-refractivity contribution in [1.29, 1.82) is 5.26 Å². The van der Waals surface area contributed by atoms with Gasteiger partial charge in [0.1, 0.15) is 23.2 Å². The zero-order valence-electron chi connectivity index (χ0n) is 18.0. The van der Waals surface area contributed by atoms with Crippen molar-refractivity contribution in [2.45, 2.75) is 20.3 Å². The van der Waals surface area contributed by atoms with Gasteiger partial charge >= 0.3 is 0 Å². The molecule has 0 saturated carbocycles. The Labute approximate surface area is 195 Å². The van der Waals surface area contributed by atoms with Gasteiger partial charge in [0.15, 0.2) is 0 Å². The smallest absolute Gasteiger partial charge is 0.266 e. The van der Waals surface area contributed by atoms with Gasteiger partial charge in [0, 0.05) is 22.1 Å². The summed E-state index contributed by atoms with van der Waals surface area (Å²) in [6.45, 7) is 3.95. The molecule has 32 heavy (non-hydrogen) atoms. The van der Waals surface area contributed by atoms with Gasteiger partial charge in [-0.05, 0) is 78.6 Å². The van der Waals surface area contributed by atoms with Crippen LogP contribution in [0.2, 0.25) is 0 Å². The van der Waals surface area contributed by atoms with Crippen LogP contribution in [0.15, 0.2) is 64.6 Å². The number of amides is 1. The molecule has 3 aromatic carbocycles. The van der Waals surface area contributed by atoms with E-state index in [-0.39, 0.29) is 11.4 Å². The highest BCUT2D eigenvalue weighted by Gasteiger charge is 2.14. The number of ether oxygens (including phenoxy) is 1. The number of aryl methyl sites for hydroxylation is 2. The lowest BCUT2D eigenvalue weighted by Crippen LogP contribution is -2.13. The predicted molar refractivity (Wildman–Crippen MR) is 128 cm³/mol. The van der Waals surface area contributed by atoms with Crippen molar-refractivity contribution in [3.8, 4) is 11.8 Å². The first-order valence-corrected chi connectivity index (χ1v) is 10.7. The van der Waals surface area contributed by atoms with Gasteiger partial charge in [-0.15, -0.1) is 0 Å². The molecule has 0 unspecified atom stereocenters. The van der Waals surface area contributed by atoms with Crippen molar-refractivity contribution in [2.24, 2.45) is 0 Å². The van der Waals surface area contributed by atoms with Gasteiger partial charge in [0.2, 0.25) is 0 Å². The highest BCUT2D eigenvalue weighted by atomic mass is 79.9. The molecule has 0 radical (unpaired) electrons. The number of hydrogen-bond donors (Lipinski definition) is 1. The van der Waals surface area contributed by atoms with Crippen molar-refractivity contribution >= 4 is 33.6 Å². The summed E-state index contributed by atoms with van der Waals surface area (Å²) in [5.74, 6) is -0.220. The van der Waals surface area contributed by atoms with E-state index in [0.717, 1.165) is 26.7 Å². The standard InChI is InChI=1S/C26H22BrFN2O2/c1-16-7-8-22(9-17(16)2)30-26(31)20(15-29)10-19-13-24(27)23(25(14-19)32-3)12-18-5-4-6-21(28)11-18/h4-11,13-14H,12H2,1-3H3,(H,30,31)/b20-10+. The molecule has 4 nitrogen and oxygen atoms in total. The van der Waals surface area contributed by atoms with Crippen molar-refractivity contribution in [3.63, 3.8) is 0 Å². The van der Waals surface area contributed by atoms with Gasteiger partial charge in [0.05, 0.1) is 7.11 Å². The van der Waals surface area contributed by atoms with Gasteiger partial charge in [-0.2, -0.15) is 5.26 Å². The monoisotopic (exact) mass is 492 g/mol. The largest absolute Gasteiger partial charge is 0.496 e. The number of hydrogen-bond acceptors (Lipinski definition) is 3. The molecule has 0 heterocycles. The number of halogens is 2. The van der Waals surface area contributed by atoms with E-state index in [1.165, 1.54) is 18.2 Å².